The van der Waals surface area contributed by atoms with Gasteiger partial charge < -0.3 is 16.2 Å². The van der Waals surface area contributed by atoms with Crippen molar-refractivity contribution in [3.8, 4) is 0 Å². The summed E-state index contributed by atoms with van der Waals surface area (Å²) in [6.45, 7) is 0. The molecule has 5 nitrogen and oxygen atoms in total. The fourth-order valence-corrected chi connectivity index (χ4v) is 2.62. The minimum atomic E-state index is -1.08. The zero-order chi connectivity index (χ0) is 14.6. The van der Waals surface area contributed by atoms with Crippen LogP contribution in [0, 0.1) is 0 Å². The third kappa shape index (κ3) is 3.17. The summed E-state index contributed by atoms with van der Waals surface area (Å²) in [6, 6.07) is 7.61. The average Bonchev–Trinajstić information content (AvgIpc) is 2.45. The second kappa shape index (κ2) is 6.05. The first kappa shape index (κ1) is 14.5. The zero-order valence-corrected chi connectivity index (χ0v) is 11.3. The van der Waals surface area contributed by atoms with Crippen molar-refractivity contribution >= 4 is 11.9 Å². The van der Waals surface area contributed by atoms with Gasteiger partial charge >= 0.3 is 5.97 Å². The summed E-state index contributed by atoms with van der Waals surface area (Å²) >= 11 is 0. The number of rotatable bonds is 4. The topological polar surface area (TPSA) is 92.4 Å². The molecule has 0 radical (unpaired) electrons. The molecule has 5 heteroatoms. The van der Waals surface area contributed by atoms with Crippen molar-refractivity contribution in [3.63, 3.8) is 0 Å². The number of carbonyl (C=O) groups is 2. The maximum atomic E-state index is 12.3. The fraction of sp³-hybridized carbons (Fsp3) is 0.467. The van der Waals surface area contributed by atoms with Gasteiger partial charge in [0.05, 0.1) is 5.54 Å². The minimum absolute atomic E-state index is 0.367. The van der Waals surface area contributed by atoms with Crippen molar-refractivity contribution in [1.82, 2.24) is 5.32 Å². The summed E-state index contributed by atoms with van der Waals surface area (Å²) in [7, 11) is 0. The van der Waals surface area contributed by atoms with Crippen LogP contribution in [0.3, 0.4) is 0 Å². The van der Waals surface area contributed by atoms with Gasteiger partial charge in [-0.3, -0.25) is 4.79 Å². The van der Waals surface area contributed by atoms with Gasteiger partial charge in [0.25, 0.3) is 0 Å². The van der Waals surface area contributed by atoms with Crippen molar-refractivity contribution < 1.29 is 14.7 Å². The van der Waals surface area contributed by atoms with Gasteiger partial charge in [-0.2, -0.15) is 0 Å². The maximum Gasteiger partial charge on any atom is 0.330 e. The van der Waals surface area contributed by atoms with Crippen LogP contribution in [-0.4, -0.2) is 22.5 Å². The van der Waals surface area contributed by atoms with E-state index in [1.807, 2.05) is 0 Å². The number of nitrogens with one attached hydrogen (secondary N) is 1. The van der Waals surface area contributed by atoms with Crippen LogP contribution in [0.2, 0.25) is 0 Å². The third-order valence-corrected chi connectivity index (χ3v) is 3.85. The molecular formula is C15H20N2O3. The molecule has 0 aromatic heterocycles. The van der Waals surface area contributed by atoms with Crippen LogP contribution in [0.5, 0.6) is 0 Å². The number of carboxylic acids is 1. The van der Waals surface area contributed by atoms with Gasteiger partial charge in [0.15, 0.2) is 6.04 Å². The van der Waals surface area contributed by atoms with Gasteiger partial charge in [0.1, 0.15) is 0 Å². The first-order chi connectivity index (χ1) is 9.53. The van der Waals surface area contributed by atoms with Crippen LogP contribution in [-0.2, 0) is 9.59 Å². The van der Waals surface area contributed by atoms with Gasteiger partial charge in [-0.15, -0.1) is 0 Å². The van der Waals surface area contributed by atoms with Gasteiger partial charge in [-0.1, -0.05) is 49.6 Å². The summed E-state index contributed by atoms with van der Waals surface area (Å²) in [5, 5.41) is 11.9. The monoisotopic (exact) mass is 276 g/mol. The zero-order valence-electron chi connectivity index (χ0n) is 11.3. The molecule has 108 valence electrons. The minimum Gasteiger partial charge on any atom is -0.479 e. The van der Waals surface area contributed by atoms with Gasteiger partial charge in [0.2, 0.25) is 5.91 Å². The van der Waals surface area contributed by atoms with E-state index in [2.05, 4.69) is 5.32 Å². The number of carboxylic acid groups (broad SMARTS) is 1. The standard InChI is InChI=1S/C15H20N2O3/c16-15(9-5-2-6-10-15)14(20)17-12(13(18)19)11-7-3-1-4-8-11/h1,3-4,7-8,12H,2,5-6,9-10,16H2,(H,17,20)(H,18,19)/t12-/m1/s1. The van der Waals surface area contributed by atoms with E-state index >= 15 is 0 Å². The Balaban J connectivity index is 2.12. The fourth-order valence-electron chi connectivity index (χ4n) is 2.62. The normalized spacial score (nSPS) is 19.1. The summed E-state index contributed by atoms with van der Waals surface area (Å²) in [5.41, 5.74) is 5.74. The van der Waals surface area contributed by atoms with Gasteiger partial charge in [-0.25, -0.2) is 4.79 Å². The quantitative estimate of drug-likeness (QED) is 0.778. The molecule has 1 atom stereocenters. The highest BCUT2D eigenvalue weighted by Gasteiger charge is 2.37. The smallest absolute Gasteiger partial charge is 0.330 e. The van der Waals surface area contributed by atoms with Crippen LogP contribution in [0.25, 0.3) is 0 Å². The first-order valence-electron chi connectivity index (χ1n) is 6.90. The summed E-state index contributed by atoms with van der Waals surface area (Å²) in [6.07, 6.45) is 4.12. The second-order valence-electron chi connectivity index (χ2n) is 5.37. The van der Waals surface area contributed by atoms with Crippen molar-refractivity contribution in [2.75, 3.05) is 0 Å². The molecule has 0 heterocycles. The Kier molecular flexibility index (Phi) is 4.39. The average molecular weight is 276 g/mol. The lowest BCUT2D eigenvalue weighted by Gasteiger charge is -2.33. The molecule has 0 spiro atoms. The Bertz CT molecular complexity index is 481. The number of benzene rings is 1. The number of carbonyl (C=O) groups excluding carboxylic acids is 1. The molecule has 1 aliphatic carbocycles. The summed E-state index contributed by atoms with van der Waals surface area (Å²) < 4.78 is 0. The molecule has 0 unspecified atom stereocenters. The Morgan fingerprint density at radius 3 is 2.30 bits per heavy atom. The Hall–Kier alpha value is -1.88. The molecule has 2 rings (SSSR count). The van der Waals surface area contributed by atoms with E-state index in [1.165, 1.54) is 0 Å². The molecule has 1 aromatic carbocycles. The number of nitrogens with two attached hydrogens (primary N) is 1. The number of amides is 1. The first-order valence-corrected chi connectivity index (χ1v) is 6.90. The van der Waals surface area contributed by atoms with Crippen molar-refractivity contribution in [1.29, 1.82) is 0 Å². The van der Waals surface area contributed by atoms with Gasteiger partial charge in [0, 0.05) is 0 Å². The molecule has 1 amide bonds. The number of hydrogen-bond donors (Lipinski definition) is 3. The van der Waals surface area contributed by atoms with E-state index in [9.17, 15) is 14.7 Å². The molecule has 1 fully saturated rings. The Morgan fingerprint density at radius 1 is 1.15 bits per heavy atom. The SMILES string of the molecule is NC1(C(=O)N[C@@H](C(=O)O)c2ccccc2)CCCCC1. The van der Waals surface area contributed by atoms with E-state index in [0.717, 1.165) is 19.3 Å². The third-order valence-electron chi connectivity index (χ3n) is 3.85. The lowest BCUT2D eigenvalue weighted by molar-refractivity contribution is -0.143. The molecular weight excluding hydrogens is 256 g/mol. The van der Waals surface area contributed by atoms with Crippen LogP contribution in [0.15, 0.2) is 30.3 Å². The summed E-state index contributed by atoms with van der Waals surface area (Å²) in [5.74, 6) is -1.45. The molecule has 4 N–H and O–H groups in total. The van der Waals surface area contributed by atoms with Crippen LogP contribution < -0.4 is 11.1 Å². The second-order valence-corrected chi connectivity index (χ2v) is 5.37. The molecule has 1 saturated carbocycles. The lowest BCUT2D eigenvalue weighted by Crippen LogP contribution is -2.56. The van der Waals surface area contributed by atoms with Gasteiger partial charge in [-0.05, 0) is 18.4 Å². The lowest BCUT2D eigenvalue weighted by atomic mass is 9.81. The molecule has 1 aromatic rings. The van der Waals surface area contributed by atoms with Crippen LogP contribution in [0.4, 0.5) is 0 Å². The van der Waals surface area contributed by atoms with Crippen LogP contribution >= 0.6 is 0 Å². The van der Waals surface area contributed by atoms with E-state index in [-0.39, 0.29) is 5.91 Å². The molecule has 20 heavy (non-hydrogen) atoms. The predicted octanol–water partition coefficient (Wildman–Crippen LogP) is 1.59. The Labute approximate surface area is 118 Å². The number of hydrogen-bond acceptors (Lipinski definition) is 3. The highest BCUT2D eigenvalue weighted by Crippen LogP contribution is 2.27. The largest absolute Gasteiger partial charge is 0.479 e. The van der Waals surface area contributed by atoms with E-state index in [0.29, 0.717) is 18.4 Å². The highest BCUT2D eigenvalue weighted by molar-refractivity contribution is 5.90. The molecule has 0 bridgehead atoms. The number of aliphatic carboxylic acids is 1. The molecule has 0 saturated heterocycles. The van der Waals surface area contributed by atoms with E-state index < -0.39 is 17.6 Å². The summed E-state index contributed by atoms with van der Waals surface area (Å²) in [4.78, 5) is 23.7. The van der Waals surface area contributed by atoms with E-state index in [1.54, 1.807) is 30.3 Å². The van der Waals surface area contributed by atoms with E-state index in [4.69, 9.17) is 5.73 Å². The maximum absolute atomic E-state index is 12.3. The Morgan fingerprint density at radius 2 is 1.75 bits per heavy atom. The van der Waals surface area contributed by atoms with Crippen LogP contribution in [0.1, 0.15) is 43.7 Å². The molecule has 0 aliphatic heterocycles. The predicted molar refractivity (Wildman–Crippen MR) is 75.0 cm³/mol. The molecule has 1 aliphatic rings. The van der Waals surface area contributed by atoms with Crippen molar-refractivity contribution in [2.45, 2.75) is 43.7 Å². The van der Waals surface area contributed by atoms with Crippen molar-refractivity contribution in [2.24, 2.45) is 5.73 Å². The van der Waals surface area contributed by atoms with Crippen molar-refractivity contribution in [3.05, 3.63) is 35.9 Å². The highest BCUT2D eigenvalue weighted by atomic mass is 16.4.